The molecule has 0 spiro atoms. The predicted octanol–water partition coefficient (Wildman–Crippen LogP) is 2.28. The fraction of sp³-hybridized carbons (Fsp3) is 0.727. The third-order valence-corrected chi connectivity index (χ3v) is 2.79. The number of aliphatic hydroxyl groups is 1. The molecular formula is C11H20N2O. The first-order valence-corrected chi connectivity index (χ1v) is 5.35. The van der Waals surface area contributed by atoms with Crippen molar-refractivity contribution in [2.24, 2.45) is 13.0 Å². The van der Waals surface area contributed by atoms with Gasteiger partial charge in [-0.1, -0.05) is 26.7 Å². The van der Waals surface area contributed by atoms with Crippen molar-refractivity contribution in [3.63, 3.8) is 0 Å². The maximum atomic E-state index is 9.89. The number of aryl methyl sites for hydroxylation is 1. The fourth-order valence-electron chi connectivity index (χ4n) is 1.67. The highest BCUT2D eigenvalue weighted by atomic mass is 16.3. The van der Waals surface area contributed by atoms with Gasteiger partial charge >= 0.3 is 0 Å². The van der Waals surface area contributed by atoms with Gasteiger partial charge in [0.05, 0.1) is 11.8 Å². The van der Waals surface area contributed by atoms with E-state index in [9.17, 15) is 5.11 Å². The van der Waals surface area contributed by atoms with Gasteiger partial charge in [0.15, 0.2) is 0 Å². The summed E-state index contributed by atoms with van der Waals surface area (Å²) in [6.07, 6.45) is 4.54. The molecule has 3 nitrogen and oxygen atoms in total. The largest absolute Gasteiger partial charge is 0.387 e. The second-order valence-electron chi connectivity index (χ2n) is 3.85. The molecule has 1 N–H and O–H groups in total. The van der Waals surface area contributed by atoms with Crippen molar-refractivity contribution in [1.29, 1.82) is 0 Å². The SMILES string of the molecule is CCC(CC)CC(O)c1ccn(C)n1. The minimum Gasteiger partial charge on any atom is -0.387 e. The third-order valence-electron chi connectivity index (χ3n) is 2.79. The van der Waals surface area contributed by atoms with Crippen molar-refractivity contribution in [3.05, 3.63) is 18.0 Å². The molecule has 3 heteroatoms. The summed E-state index contributed by atoms with van der Waals surface area (Å²) in [5, 5.41) is 14.1. The average molecular weight is 196 g/mol. The lowest BCUT2D eigenvalue weighted by Crippen LogP contribution is -2.07. The molecule has 0 aromatic carbocycles. The second-order valence-corrected chi connectivity index (χ2v) is 3.85. The fourth-order valence-corrected chi connectivity index (χ4v) is 1.67. The summed E-state index contributed by atoms with van der Waals surface area (Å²) in [6, 6.07) is 1.88. The quantitative estimate of drug-likeness (QED) is 0.784. The van der Waals surface area contributed by atoms with Crippen molar-refractivity contribution in [3.8, 4) is 0 Å². The van der Waals surface area contributed by atoms with Crippen LogP contribution in [0.3, 0.4) is 0 Å². The summed E-state index contributed by atoms with van der Waals surface area (Å²) in [7, 11) is 1.87. The molecule has 0 aliphatic rings. The van der Waals surface area contributed by atoms with E-state index >= 15 is 0 Å². The molecule has 1 atom stereocenters. The third kappa shape index (κ3) is 2.84. The molecule has 0 aliphatic carbocycles. The van der Waals surface area contributed by atoms with Crippen LogP contribution in [0.2, 0.25) is 0 Å². The van der Waals surface area contributed by atoms with Crippen molar-refractivity contribution in [2.45, 2.75) is 39.2 Å². The highest BCUT2D eigenvalue weighted by Crippen LogP contribution is 2.23. The lowest BCUT2D eigenvalue weighted by molar-refractivity contribution is 0.136. The first-order valence-electron chi connectivity index (χ1n) is 5.35. The minimum atomic E-state index is -0.402. The van der Waals surface area contributed by atoms with Crippen LogP contribution >= 0.6 is 0 Å². The molecule has 1 aromatic rings. The van der Waals surface area contributed by atoms with E-state index in [-0.39, 0.29) is 0 Å². The highest BCUT2D eigenvalue weighted by molar-refractivity contribution is 5.02. The Labute approximate surface area is 85.8 Å². The van der Waals surface area contributed by atoms with E-state index in [1.807, 2.05) is 19.3 Å². The van der Waals surface area contributed by atoms with E-state index < -0.39 is 6.10 Å². The number of nitrogens with zero attached hydrogens (tertiary/aromatic N) is 2. The molecule has 14 heavy (non-hydrogen) atoms. The monoisotopic (exact) mass is 196 g/mol. The van der Waals surface area contributed by atoms with Crippen LogP contribution in [0.5, 0.6) is 0 Å². The van der Waals surface area contributed by atoms with E-state index in [1.165, 1.54) is 0 Å². The van der Waals surface area contributed by atoms with Gasteiger partial charge in [0, 0.05) is 13.2 Å². The van der Waals surface area contributed by atoms with Gasteiger partial charge in [-0.05, 0) is 18.4 Å². The summed E-state index contributed by atoms with van der Waals surface area (Å²) in [5.74, 6) is 0.604. The first kappa shape index (κ1) is 11.2. The summed E-state index contributed by atoms with van der Waals surface area (Å²) in [4.78, 5) is 0. The number of hydrogen-bond donors (Lipinski definition) is 1. The topological polar surface area (TPSA) is 38.0 Å². The first-order chi connectivity index (χ1) is 6.67. The molecule has 0 saturated heterocycles. The van der Waals surface area contributed by atoms with Crippen LogP contribution in [0.1, 0.15) is 44.9 Å². The number of aromatic nitrogens is 2. The van der Waals surface area contributed by atoms with Crippen LogP contribution in [0.25, 0.3) is 0 Å². The van der Waals surface area contributed by atoms with Gasteiger partial charge in [-0.2, -0.15) is 5.10 Å². The van der Waals surface area contributed by atoms with Crippen LogP contribution < -0.4 is 0 Å². The van der Waals surface area contributed by atoms with Crippen molar-refractivity contribution in [1.82, 2.24) is 9.78 Å². The molecule has 1 rings (SSSR count). The molecule has 1 heterocycles. The van der Waals surface area contributed by atoms with Crippen molar-refractivity contribution >= 4 is 0 Å². The Hall–Kier alpha value is -0.830. The van der Waals surface area contributed by atoms with Gasteiger partial charge in [-0.3, -0.25) is 4.68 Å². The highest BCUT2D eigenvalue weighted by Gasteiger charge is 2.15. The van der Waals surface area contributed by atoms with E-state index in [4.69, 9.17) is 0 Å². The van der Waals surface area contributed by atoms with Crippen LogP contribution in [-0.2, 0) is 7.05 Å². The van der Waals surface area contributed by atoms with Gasteiger partial charge in [0.25, 0.3) is 0 Å². The van der Waals surface area contributed by atoms with Gasteiger partial charge < -0.3 is 5.11 Å². The Morgan fingerprint density at radius 3 is 2.50 bits per heavy atom. The summed E-state index contributed by atoms with van der Waals surface area (Å²) >= 11 is 0. The van der Waals surface area contributed by atoms with Crippen molar-refractivity contribution < 1.29 is 5.11 Å². The van der Waals surface area contributed by atoms with Crippen LogP contribution in [-0.4, -0.2) is 14.9 Å². The standard InChI is InChI=1S/C11H20N2O/c1-4-9(5-2)8-11(14)10-6-7-13(3)12-10/h6-7,9,11,14H,4-5,8H2,1-3H3. The van der Waals surface area contributed by atoms with E-state index in [1.54, 1.807) is 4.68 Å². The Balaban J connectivity index is 2.53. The van der Waals surface area contributed by atoms with Crippen molar-refractivity contribution in [2.75, 3.05) is 0 Å². The lowest BCUT2D eigenvalue weighted by atomic mass is 9.95. The molecular weight excluding hydrogens is 176 g/mol. The van der Waals surface area contributed by atoms with E-state index in [0.29, 0.717) is 5.92 Å². The molecule has 0 aliphatic heterocycles. The molecule has 1 aromatic heterocycles. The maximum absolute atomic E-state index is 9.89. The maximum Gasteiger partial charge on any atom is 0.0980 e. The normalized spacial score (nSPS) is 13.5. The van der Waals surface area contributed by atoms with E-state index in [0.717, 1.165) is 25.0 Å². The molecule has 0 saturated carbocycles. The van der Waals surface area contributed by atoms with Gasteiger partial charge in [-0.15, -0.1) is 0 Å². The van der Waals surface area contributed by atoms with E-state index in [2.05, 4.69) is 18.9 Å². The average Bonchev–Trinajstić information content (AvgIpc) is 2.61. The number of rotatable bonds is 5. The number of aliphatic hydroxyl groups excluding tert-OH is 1. The van der Waals surface area contributed by atoms with Gasteiger partial charge in [-0.25, -0.2) is 0 Å². The van der Waals surface area contributed by atoms with Gasteiger partial charge in [0.1, 0.15) is 0 Å². The van der Waals surface area contributed by atoms with Crippen LogP contribution in [0.4, 0.5) is 0 Å². The number of hydrogen-bond acceptors (Lipinski definition) is 2. The van der Waals surface area contributed by atoms with Crippen LogP contribution in [0.15, 0.2) is 12.3 Å². The molecule has 0 fully saturated rings. The smallest absolute Gasteiger partial charge is 0.0980 e. The lowest BCUT2D eigenvalue weighted by Gasteiger charge is -2.15. The molecule has 0 radical (unpaired) electrons. The zero-order chi connectivity index (χ0) is 10.6. The van der Waals surface area contributed by atoms with Crippen LogP contribution in [0, 0.1) is 5.92 Å². The molecule has 1 unspecified atom stereocenters. The summed E-state index contributed by atoms with van der Waals surface area (Å²) < 4.78 is 1.73. The molecule has 80 valence electrons. The zero-order valence-corrected chi connectivity index (χ0v) is 9.27. The van der Waals surface area contributed by atoms with Gasteiger partial charge in [0.2, 0.25) is 0 Å². The summed E-state index contributed by atoms with van der Waals surface area (Å²) in [6.45, 7) is 4.33. The Bertz CT molecular complexity index is 266. The Kier molecular flexibility index (Phi) is 4.14. The Morgan fingerprint density at radius 1 is 1.43 bits per heavy atom. The minimum absolute atomic E-state index is 0.402. The zero-order valence-electron chi connectivity index (χ0n) is 9.27. The molecule has 0 amide bonds. The second kappa shape index (κ2) is 5.15. The molecule has 0 bridgehead atoms. The predicted molar refractivity (Wildman–Crippen MR) is 56.9 cm³/mol. The Morgan fingerprint density at radius 2 is 2.07 bits per heavy atom. The summed E-state index contributed by atoms with van der Waals surface area (Å²) in [5.41, 5.74) is 0.791.